The summed E-state index contributed by atoms with van der Waals surface area (Å²) in [6, 6.07) is 16.5. The number of nitrogens with one attached hydrogen (secondary N) is 2. The lowest BCUT2D eigenvalue weighted by Gasteiger charge is -2.53. The molecule has 3 aliphatic heterocycles. The summed E-state index contributed by atoms with van der Waals surface area (Å²) in [4.78, 5) is 14.3. The van der Waals surface area contributed by atoms with Crippen LogP contribution in [0.2, 0.25) is 0 Å². The Morgan fingerprint density at radius 1 is 0.936 bits per heavy atom. The molecule has 2 aromatic carbocycles. The summed E-state index contributed by atoms with van der Waals surface area (Å²) in [7, 11) is 0. The second-order valence-electron chi connectivity index (χ2n) is 14.4. The van der Waals surface area contributed by atoms with Crippen molar-refractivity contribution in [3.8, 4) is 5.75 Å². The van der Waals surface area contributed by atoms with Gasteiger partial charge in [-0.1, -0.05) is 62.1 Å². The van der Waals surface area contributed by atoms with Crippen LogP contribution in [0.5, 0.6) is 5.75 Å². The van der Waals surface area contributed by atoms with Gasteiger partial charge in [-0.15, -0.1) is 0 Å². The molecule has 8 nitrogen and oxygen atoms in total. The van der Waals surface area contributed by atoms with Crippen LogP contribution in [-0.4, -0.2) is 76.8 Å². The minimum Gasteiger partial charge on any atom is -1.00 e. The lowest BCUT2D eigenvalue weighted by molar-refractivity contribution is -0.946. The molecular weight excluding hydrogens is 658 g/mol. The molecule has 3 atom stereocenters. The van der Waals surface area contributed by atoms with Crippen LogP contribution in [0, 0.1) is 11.8 Å². The summed E-state index contributed by atoms with van der Waals surface area (Å²) in [5, 5.41) is 36.7. The molecule has 1 aromatic heterocycles. The smallest absolute Gasteiger partial charge is 0.248 e. The van der Waals surface area contributed by atoms with E-state index in [1.165, 1.54) is 87.6 Å². The molecule has 4 aliphatic rings. The topological polar surface area (TPSA) is 115 Å². The number of fused-ring (bicyclic) bond motifs is 4. The summed E-state index contributed by atoms with van der Waals surface area (Å²) in [5.41, 5.74) is 0.930. The second-order valence-corrected chi connectivity index (χ2v) is 14.4. The van der Waals surface area contributed by atoms with Gasteiger partial charge in [0.2, 0.25) is 5.56 Å². The van der Waals surface area contributed by atoms with Gasteiger partial charge in [-0.3, -0.25) is 4.79 Å². The molecule has 258 valence electrons. The number of H-pyrrole nitrogens is 1. The van der Waals surface area contributed by atoms with Crippen LogP contribution in [0.25, 0.3) is 10.9 Å². The molecule has 0 radical (unpaired) electrons. The summed E-state index contributed by atoms with van der Waals surface area (Å²) < 4.78 is 7.87. The van der Waals surface area contributed by atoms with Crippen LogP contribution >= 0.6 is 0 Å². The largest absolute Gasteiger partial charge is 1.00 e. The number of ether oxygens (including phenoxy) is 1. The van der Waals surface area contributed by atoms with Gasteiger partial charge in [-0.05, 0) is 67.8 Å². The number of aliphatic hydroxyl groups excluding tert-OH is 1. The lowest BCUT2D eigenvalue weighted by Crippen LogP contribution is -3.00. The third-order valence-electron chi connectivity index (χ3n) is 11.5. The minimum absolute atomic E-state index is 0. The summed E-state index contributed by atoms with van der Waals surface area (Å²) in [5.74, 6) is 0.954. The number of aromatic hydroxyl groups is 1. The molecule has 4 fully saturated rings. The Morgan fingerprint density at radius 2 is 1.66 bits per heavy atom. The molecule has 0 spiro atoms. The molecule has 9 heteroatoms. The lowest BCUT2D eigenvalue weighted by atomic mass is 9.70. The number of unbranched alkanes of at least 4 members (excludes halogenated alkanes) is 5. The van der Waals surface area contributed by atoms with Crippen molar-refractivity contribution in [1.29, 1.82) is 0 Å². The number of hydrogen-bond acceptors (Lipinski definition) is 6. The number of hydrogen-bond donors (Lipinski definition) is 5. The van der Waals surface area contributed by atoms with Gasteiger partial charge in [0.15, 0.2) is 0 Å². The van der Waals surface area contributed by atoms with Gasteiger partial charge < -0.3 is 51.8 Å². The number of halogens is 1. The normalized spacial score (nSPS) is 24.4. The van der Waals surface area contributed by atoms with E-state index in [9.17, 15) is 20.1 Å². The molecule has 0 unspecified atom stereocenters. The molecule has 3 saturated heterocycles. The van der Waals surface area contributed by atoms with Crippen molar-refractivity contribution < 1.29 is 41.5 Å². The van der Waals surface area contributed by atoms with E-state index in [0.29, 0.717) is 41.5 Å². The number of aromatic amines is 1. The third kappa shape index (κ3) is 8.49. The third-order valence-corrected chi connectivity index (χ3v) is 11.5. The highest BCUT2D eigenvalue weighted by atomic mass is 79.9. The van der Waals surface area contributed by atoms with E-state index in [1.54, 1.807) is 12.1 Å². The summed E-state index contributed by atoms with van der Waals surface area (Å²) in [6.45, 7) is 6.62. The van der Waals surface area contributed by atoms with Crippen LogP contribution in [0.3, 0.4) is 0 Å². The van der Waals surface area contributed by atoms with Gasteiger partial charge in [0, 0.05) is 36.8 Å². The fraction of sp³-hybridized carbons (Fsp3) is 0.605. The molecule has 4 heterocycles. The first-order chi connectivity index (χ1) is 22.4. The van der Waals surface area contributed by atoms with E-state index in [-0.39, 0.29) is 34.4 Å². The maximum Gasteiger partial charge on any atom is 0.248 e. The minimum atomic E-state index is -0.865. The highest BCUT2D eigenvalue weighted by Gasteiger charge is 2.48. The molecule has 1 saturated carbocycles. The molecular formula is C38H54BrN3O5. The Labute approximate surface area is 289 Å². The molecule has 1 aliphatic carbocycles. The molecule has 5 N–H and O–H groups in total. The van der Waals surface area contributed by atoms with Crippen molar-refractivity contribution in [3.05, 3.63) is 76.1 Å². The molecule has 2 bridgehead atoms. The Kier molecular flexibility index (Phi) is 12.6. The predicted octanol–water partition coefficient (Wildman–Crippen LogP) is 2.51. The standard InChI is InChI=1S/C38H53N3O5.BrH/c42-33-17-15-31(32-16-18-36(44)40-37(32)33)34(43)25-39-21-8-3-1-2-4-9-22-41-23-19-28(20-24-41)35(26-41)46-27-38(45,30-13-10-14-30)29-11-6-5-7-12-29;/h5-7,11-12,15-18,28,30,34-35,39,43,45H,1-4,8-10,13-14,19-27H2,(H-,40,42,44);1H/t28?,34-,35-,38+,41?;/m0./s1. The van der Waals surface area contributed by atoms with Gasteiger partial charge in [0.05, 0.1) is 37.9 Å². The number of rotatable bonds is 17. The predicted molar refractivity (Wildman–Crippen MR) is 182 cm³/mol. The van der Waals surface area contributed by atoms with Crippen molar-refractivity contribution in [2.24, 2.45) is 11.8 Å². The SMILES string of the molecule is O=c1ccc2c([C@@H](O)CNCCCCCCCC[N+]34CCC(CC3)[C@@H](OC[C@@](O)(c3ccccc3)C3CCC3)C4)ccc(O)c2[nH]1.[Br-]. The monoisotopic (exact) mass is 711 g/mol. The Bertz CT molecular complexity index is 1470. The average molecular weight is 713 g/mol. The van der Waals surface area contributed by atoms with E-state index >= 15 is 0 Å². The number of aromatic nitrogens is 1. The number of quaternary nitrogens is 1. The number of phenolic OH excluding ortho intramolecular Hbond substituents is 1. The maximum absolute atomic E-state index is 11.8. The number of aliphatic hydroxyl groups is 2. The first-order valence-electron chi connectivity index (χ1n) is 17.9. The number of nitrogens with zero attached hydrogens (tertiary/aromatic N) is 1. The van der Waals surface area contributed by atoms with Crippen molar-refractivity contribution in [2.75, 3.05) is 45.9 Å². The second kappa shape index (κ2) is 16.4. The highest BCUT2D eigenvalue weighted by molar-refractivity contribution is 5.87. The average Bonchev–Trinajstić information content (AvgIpc) is 3.05. The van der Waals surface area contributed by atoms with E-state index in [4.69, 9.17) is 4.74 Å². The number of piperidine rings is 3. The zero-order chi connectivity index (χ0) is 32.0. The van der Waals surface area contributed by atoms with Crippen molar-refractivity contribution >= 4 is 10.9 Å². The molecule has 7 rings (SSSR count). The van der Waals surface area contributed by atoms with Gasteiger partial charge in [0.1, 0.15) is 24.0 Å². The fourth-order valence-electron chi connectivity index (χ4n) is 8.31. The zero-order valence-electron chi connectivity index (χ0n) is 27.7. The molecule has 3 aromatic rings. The quantitative estimate of drug-likeness (QED) is 0.109. The Balaban J connectivity index is 0.00000433. The molecule has 0 amide bonds. The number of pyridine rings is 1. The zero-order valence-corrected chi connectivity index (χ0v) is 29.3. The van der Waals surface area contributed by atoms with Crippen LogP contribution in [0.4, 0.5) is 0 Å². The van der Waals surface area contributed by atoms with Crippen molar-refractivity contribution in [3.63, 3.8) is 0 Å². The van der Waals surface area contributed by atoms with Crippen LogP contribution in [-0.2, 0) is 10.3 Å². The van der Waals surface area contributed by atoms with E-state index in [0.717, 1.165) is 37.9 Å². The van der Waals surface area contributed by atoms with Crippen LogP contribution in [0.1, 0.15) is 87.9 Å². The summed E-state index contributed by atoms with van der Waals surface area (Å²) >= 11 is 0. The van der Waals surface area contributed by atoms with E-state index < -0.39 is 11.7 Å². The van der Waals surface area contributed by atoms with Crippen molar-refractivity contribution in [2.45, 2.75) is 88.4 Å². The highest BCUT2D eigenvalue weighted by Crippen LogP contribution is 2.44. The first kappa shape index (κ1) is 36.0. The van der Waals surface area contributed by atoms with Gasteiger partial charge >= 0.3 is 0 Å². The van der Waals surface area contributed by atoms with Crippen molar-refractivity contribution in [1.82, 2.24) is 10.3 Å². The summed E-state index contributed by atoms with van der Waals surface area (Å²) in [6.07, 6.45) is 12.7. The van der Waals surface area contributed by atoms with Crippen LogP contribution in [0.15, 0.2) is 59.4 Å². The Morgan fingerprint density at radius 3 is 2.38 bits per heavy atom. The Hall–Kier alpha value is -2.27. The maximum atomic E-state index is 11.8. The van der Waals surface area contributed by atoms with Gasteiger partial charge in [-0.25, -0.2) is 0 Å². The van der Waals surface area contributed by atoms with E-state index in [1.807, 2.05) is 18.2 Å². The van der Waals surface area contributed by atoms with Gasteiger partial charge in [0.25, 0.3) is 0 Å². The number of phenols is 1. The van der Waals surface area contributed by atoms with E-state index in [2.05, 4.69) is 22.4 Å². The fourth-order valence-corrected chi connectivity index (χ4v) is 8.31. The number of benzene rings is 2. The van der Waals surface area contributed by atoms with Gasteiger partial charge in [-0.2, -0.15) is 0 Å². The van der Waals surface area contributed by atoms with Crippen LogP contribution < -0.4 is 27.9 Å². The molecule has 47 heavy (non-hydrogen) atoms. The first-order valence-corrected chi connectivity index (χ1v) is 17.9.